The summed E-state index contributed by atoms with van der Waals surface area (Å²) in [6.45, 7) is 3.41. The summed E-state index contributed by atoms with van der Waals surface area (Å²) in [6.07, 6.45) is -4.32. The molecule has 2 heterocycles. The topological polar surface area (TPSA) is 43.6 Å². The second-order valence-corrected chi connectivity index (χ2v) is 4.96. The number of aromatic nitrogens is 2. The molecule has 21 heavy (non-hydrogen) atoms. The number of ether oxygens (including phenoxy) is 1. The molecule has 0 saturated carbocycles. The predicted octanol–water partition coefficient (Wildman–Crippen LogP) is 3.85. The number of halogens is 4. The van der Waals surface area contributed by atoms with E-state index < -0.39 is 17.7 Å². The van der Waals surface area contributed by atoms with E-state index in [-0.39, 0.29) is 34.7 Å². The highest BCUT2D eigenvalue weighted by Crippen LogP contribution is 2.34. The number of alkyl halides is 3. The Morgan fingerprint density at radius 2 is 2.05 bits per heavy atom. The summed E-state index contributed by atoms with van der Waals surface area (Å²) in [6, 6.07) is 2.21. The van der Waals surface area contributed by atoms with Gasteiger partial charge in [0.1, 0.15) is 10.3 Å². The summed E-state index contributed by atoms with van der Waals surface area (Å²) in [4.78, 5) is 15.8. The molecule has 0 N–H and O–H groups in total. The fourth-order valence-corrected chi connectivity index (χ4v) is 2.74. The smallest absolute Gasteiger partial charge is 0.418 e. The second-order valence-electron chi connectivity index (χ2n) is 4.21. The zero-order valence-corrected chi connectivity index (χ0v) is 12.9. The molecule has 0 aliphatic carbocycles. The molecule has 2 rings (SSSR count). The van der Waals surface area contributed by atoms with E-state index in [2.05, 4.69) is 20.9 Å². The van der Waals surface area contributed by atoms with Crippen LogP contribution in [-0.4, -0.2) is 22.0 Å². The minimum absolute atomic E-state index is 0.0362. The van der Waals surface area contributed by atoms with Crippen LogP contribution in [-0.2, 0) is 17.3 Å². The molecular formula is C13H12BrF3N2O2. The van der Waals surface area contributed by atoms with E-state index in [0.29, 0.717) is 0 Å². The third-order valence-corrected chi connectivity index (χ3v) is 3.67. The summed E-state index contributed by atoms with van der Waals surface area (Å²) >= 11 is 3.15. The van der Waals surface area contributed by atoms with Gasteiger partial charge < -0.3 is 4.74 Å². The minimum atomic E-state index is -4.46. The van der Waals surface area contributed by atoms with Gasteiger partial charge in [0, 0.05) is 5.69 Å². The van der Waals surface area contributed by atoms with Gasteiger partial charge in [-0.25, -0.2) is 9.78 Å². The number of aryl methyl sites for hydroxylation is 1. The van der Waals surface area contributed by atoms with E-state index in [0.717, 1.165) is 6.07 Å². The van der Waals surface area contributed by atoms with Gasteiger partial charge in [0.2, 0.25) is 0 Å². The Morgan fingerprint density at radius 3 is 2.57 bits per heavy atom. The minimum Gasteiger partial charge on any atom is -0.461 e. The maximum atomic E-state index is 13.0. The Kier molecular flexibility index (Phi) is 4.27. The predicted molar refractivity (Wildman–Crippen MR) is 73.2 cm³/mol. The average Bonchev–Trinajstić information content (AvgIpc) is 2.74. The first-order chi connectivity index (χ1) is 9.81. The first-order valence-electron chi connectivity index (χ1n) is 6.25. The van der Waals surface area contributed by atoms with Crippen molar-refractivity contribution < 1.29 is 22.7 Å². The van der Waals surface area contributed by atoms with Crippen LogP contribution in [0.5, 0.6) is 0 Å². The number of carbonyl (C=O) groups is 1. The second kappa shape index (κ2) is 5.67. The van der Waals surface area contributed by atoms with Gasteiger partial charge in [-0.05, 0) is 41.4 Å². The van der Waals surface area contributed by atoms with Gasteiger partial charge >= 0.3 is 12.1 Å². The lowest BCUT2D eigenvalue weighted by molar-refractivity contribution is -0.138. The van der Waals surface area contributed by atoms with Crippen LogP contribution in [0.2, 0.25) is 0 Å². The number of hydrogen-bond acceptors (Lipinski definition) is 3. The number of esters is 1. The molecular weight excluding hydrogens is 353 g/mol. The van der Waals surface area contributed by atoms with Crippen molar-refractivity contribution in [1.82, 2.24) is 9.38 Å². The van der Waals surface area contributed by atoms with E-state index in [9.17, 15) is 18.0 Å². The molecule has 0 bridgehead atoms. The molecule has 0 aromatic carbocycles. The van der Waals surface area contributed by atoms with E-state index in [4.69, 9.17) is 4.74 Å². The van der Waals surface area contributed by atoms with E-state index in [1.807, 2.05) is 0 Å². The average molecular weight is 365 g/mol. The van der Waals surface area contributed by atoms with Crippen molar-refractivity contribution in [3.63, 3.8) is 0 Å². The molecule has 0 radical (unpaired) electrons. The normalized spacial score (nSPS) is 11.9. The summed E-state index contributed by atoms with van der Waals surface area (Å²) in [5.74, 6) is -0.677. The van der Waals surface area contributed by atoms with Gasteiger partial charge in [-0.3, -0.25) is 4.40 Å². The number of nitrogens with zero attached hydrogens (tertiary/aromatic N) is 2. The number of rotatable bonds is 3. The molecule has 0 atom stereocenters. The first kappa shape index (κ1) is 15.8. The number of hydrogen-bond donors (Lipinski definition) is 0. The highest BCUT2D eigenvalue weighted by molar-refractivity contribution is 9.10. The SMILES string of the molecule is CCOC(=O)c1nc2ccc(C(F)(F)F)c(CC)n2c1Br. The summed E-state index contributed by atoms with van der Waals surface area (Å²) in [7, 11) is 0. The van der Waals surface area contributed by atoms with Crippen molar-refractivity contribution in [1.29, 1.82) is 0 Å². The zero-order valence-electron chi connectivity index (χ0n) is 11.3. The first-order valence-corrected chi connectivity index (χ1v) is 7.04. The summed E-state index contributed by atoms with van der Waals surface area (Å²) < 4.78 is 45.4. The van der Waals surface area contributed by atoms with Crippen molar-refractivity contribution in [2.24, 2.45) is 0 Å². The molecule has 0 amide bonds. The van der Waals surface area contributed by atoms with Gasteiger partial charge in [0.05, 0.1) is 12.2 Å². The molecule has 114 valence electrons. The van der Waals surface area contributed by atoms with Gasteiger partial charge in [0.15, 0.2) is 5.69 Å². The monoisotopic (exact) mass is 364 g/mol. The lowest BCUT2D eigenvalue weighted by Crippen LogP contribution is -2.12. The molecule has 0 aliphatic heterocycles. The maximum Gasteiger partial charge on any atom is 0.418 e. The van der Waals surface area contributed by atoms with E-state index >= 15 is 0 Å². The lowest BCUT2D eigenvalue weighted by Gasteiger charge is -2.13. The van der Waals surface area contributed by atoms with Crippen LogP contribution in [0.25, 0.3) is 5.65 Å². The van der Waals surface area contributed by atoms with Crippen LogP contribution in [0.1, 0.15) is 35.6 Å². The molecule has 2 aromatic heterocycles. The molecule has 0 unspecified atom stereocenters. The van der Waals surface area contributed by atoms with Gasteiger partial charge in [-0.2, -0.15) is 13.2 Å². The van der Waals surface area contributed by atoms with Gasteiger partial charge in [0.25, 0.3) is 0 Å². The zero-order chi connectivity index (χ0) is 15.8. The highest BCUT2D eigenvalue weighted by Gasteiger charge is 2.35. The number of carbonyl (C=O) groups excluding carboxylic acids is 1. The largest absolute Gasteiger partial charge is 0.461 e. The Balaban J connectivity index is 2.72. The van der Waals surface area contributed by atoms with Crippen molar-refractivity contribution >= 4 is 27.5 Å². The third-order valence-electron chi connectivity index (χ3n) is 2.94. The van der Waals surface area contributed by atoms with E-state index in [1.54, 1.807) is 13.8 Å². The third kappa shape index (κ3) is 2.76. The fourth-order valence-electron chi connectivity index (χ4n) is 2.10. The molecule has 2 aromatic rings. The molecule has 0 fully saturated rings. The molecule has 4 nitrogen and oxygen atoms in total. The Labute approximate surface area is 127 Å². The van der Waals surface area contributed by atoms with Crippen LogP contribution in [0, 0.1) is 0 Å². The van der Waals surface area contributed by atoms with Gasteiger partial charge in [-0.15, -0.1) is 0 Å². The van der Waals surface area contributed by atoms with Crippen LogP contribution >= 0.6 is 15.9 Å². The van der Waals surface area contributed by atoms with Crippen molar-refractivity contribution in [3.8, 4) is 0 Å². The van der Waals surface area contributed by atoms with Crippen LogP contribution in [0.3, 0.4) is 0 Å². The Bertz CT molecular complexity index is 695. The molecule has 0 aliphatic rings. The van der Waals surface area contributed by atoms with Crippen molar-refractivity contribution in [2.75, 3.05) is 6.61 Å². The Morgan fingerprint density at radius 1 is 1.38 bits per heavy atom. The molecule has 8 heteroatoms. The van der Waals surface area contributed by atoms with Crippen LogP contribution < -0.4 is 0 Å². The molecule has 0 spiro atoms. The fraction of sp³-hybridized carbons (Fsp3) is 0.385. The Hall–Kier alpha value is -1.57. The number of imidazole rings is 1. The summed E-state index contributed by atoms with van der Waals surface area (Å²) in [5.41, 5.74) is -0.485. The van der Waals surface area contributed by atoms with Crippen LogP contribution in [0.4, 0.5) is 13.2 Å². The quantitative estimate of drug-likeness (QED) is 0.776. The van der Waals surface area contributed by atoms with E-state index in [1.165, 1.54) is 10.5 Å². The summed E-state index contributed by atoms with van der Waals surface area (Å²) in [5, 5.41) is 0. The van der Waals surface area contributed by atoms with Crippen LogP contribution in [0.15, 0.2) is 16.7 Å². The highest BCUT2D eigenvalue weighted by atomic mass is 79.9. The van der Waals surface area contributed by atoms with Crippen molar-refractivity contribution in [3.05, 3.63) is 33.7 Å². The number of fused-ring (bicyclic) bond motifs is 1. The standard InChI is InChI=1S/C13H12BrF3N2O2/c1-3-8-7(13(15,16)17)5-6-9-18-10(11(14)19(8)9)12(20)21-4-2/h5-6H,3-4H2,1-2H3. The lowest BCUT2D eigenvalue weighted by atomic mass is 10.1. The van der Waals surface area contributed by atoms with Crippen molar-refractivity contribution in [2.45, 2.75) is 26.4 Å². The van der Waals surface area contributed by atoms with Gasteiger partial charge in [-0.1, -0.05) is 6.92 Å². The maximum absolute atomic E-state index is 13.0. The molecule has 0 saturated heterocycles. The number of pyridine rings is 1.